The molecule has 1 rings (SSSR count). The molecule has 1 amide bonds. The summed E-state index contributed by atoms with van der Waals surface area (Å²) >= 11 is 0. The highest BCUT2D eigenvalue weighted by Gasteiger charge is 2.40. The van der Waals surface area contributed by atoms with Gasteiger partial charge in [0.05, 0.1) is 30.9 Å². The van der Waals surface area contributed by atoms with Crippen molar-refractivity contribution >= 4 is 5.91 Å². The zero-order valence-electron chi connectivity index (χ0n) is 8.68. The summed E-state index contributed by atoms with van der Waals surface area (Å²) in [5.41, 5.74) is 0. The Bertz CT molecular complexity index is 224. The maximum absolute atomic E-state index is 11.0. The summed E-state index contributed by atoms with van der Waals surface area (Å²) in [5, 5.41) is 33.4. The third-order valence-corrected chi connectivity index (χ3v) is 2.64. The lowest BCUT2D eigenvalue weighted by Gasteiger charge is -2.16. The van der Waals surface area contributed by atoms with Crippen molar-refractivity contribution in [1.82, 2.24) is 10.6 Å². The van der Waals surface area contributed by atoms with Gasteiger partial charge in [0, 0.05) is 13.0 Å². The van der Waals surface area contributed by atoms with E-state index in [0.29, 0.717) is 6.42 Å². The summed E-state index contributed by atoms with van der Waals surface area (Å²) in [6, 6.07) is -0.934. The summed E-state index contributed by atoms with van der Waals surface area (Å²) in [6.07, 6.45) is -1.56. The van der Waals surface area contributed by atoms with Crippen LogP contribution in [0.1, 0.15) is 13.3 Å². The second kappa shape index (κ2) is 5.41. The first-order chi connectivity index (χ1) is 7.10. The van der Waals surface area contributed by atoms with E-state index >= 15 is 0 Å². The van der Waals surface area contributed by atoms with Crippen LogP contribution in [0.2, 0.25) is 0 Å². The van der Waals surface area contributed by atoms with Gasteiger partial charge in [-0.2, -0.15) is 0 Å². The number of amides is 1. The monoisotopic (exact) mass is 218 g/mol. The minimum absolute atomic E-state index is 0.106. The number of aliphatic hydroxyl groups is 3. The molecular formula is C9H18N2O4. The number of carbonyl (C=O) groups is 1. The fourth-order valence-corrected chi connectivity index (χ4v) is 1.64. The molecule has 1 heterocycles. The fourth-order valence-electron chi connectivity index (χ4n) is 1.64. The number of carbonyl (C=O) groups excluding carboxylic acids is 1. The van der Waals surface area contributed by atoms with E-state index in [4.69, 9.17) is 5.11 Å². The maximum Gasteiger partial charge on any atom is 0.219 e. The lowest BCUT2D eigenvalue weighted by atomic mass is 10.1. The molecule has 0 aromatic rings. The van der Waals surface area contributed by atoms with Crippen molar-refractivity contribution in [2.24, 2.45) is 0 Å². The van der Waals surface area contributed by atoms with Gasteiger partial charge in [-0.1, -0.05) is 6.92 Å². The molecule has 1 aliphatic rings. The quantitative estimate of drug-likeness (QED) is 0.361. The number of rotatable bonds is 4. The molecule has 0 aromatic heterocycles. The van der Waals surface area contributed by atoms with Crippen LogP contribution >= 0.6 is 0 Å². The van der Waals surface area contributed by atoms with Crippen LogP contribution in [0, 0.1) is 0 Å². The standard InChI is InChI=1S/C9H18N2O4/c1-2-7(13)10-3-5-8(14)9(15)6(4-12)11-5/h5-6,8-9,11-12,14-15H,2-4H2,1H3,(H,10,13). The van der Waals surface area contributed by atoms with E-state index in [0.717, 1.165) is 0 Å². The van der Waals surface area contributed by atoms with Crippen molar-refractivity contribution in [2.45, 2.75) is 37.6 Å². The molecule has 6 heteroatoms. The first kappa shape index (κ1) is 12.4. The van der Waals surface area contributed by atoms with Crippen LogP contribution in [0.3, 0.4) is 0 Å². The second-order valence-electron chi connectivity index (χ2n) is 3.70. The van der Waals surface area contributed by atoms with Gasteiger partial charge >= 0.3 is 0 Å². The summed E-state index contributed by atoms with van der Waals surface area (Å²) in [6.45, 7) is 1.75. The molecule has 88 valence electrons. The molecular weight excluding hydrogens is 200 g/mol. The van der Waals surface area contributed by atoms with Crippen LogP contribution in [0.25, 0.3) is 0 Å². The van der Waals surface area contributed by atoms with Gasteiger partial charge in [-0.05, 0) is 0 Å². The average molecular weight is 218 g/mol. The van der Waals surface area contributed by atoms with Gasteiger partial charge < -0.3 is 26.0 Å². The van der Waals surface area contributed by atoms with E-state index in [2.05, 4.69) is 10.6 Å². The Morgan fingerprint density at radius 2 is 1.93 bits per heavy atom. The molecule has 4 atom stereocenters. The highest BCUT2D eigenvalue weighted by molar-refractivity contribution is 5.75. The molecule has 5 N–H and O–H groups in total. The molecule has 1 aliphatic heterocycles. The molecule has 6 nitrogen and oxygen atoms in total. The van der Waals surface area contributed by atoms with Crippen LogP contribution in [-0.4, -0.2) is 58.7 Å². The van der Waals surface area contributed by atoms with Gasteiger partial charge in [0.1, 0.15) is 0 Å². The summed E-state index contributed by atoms with van der Waals surface area (Å²) < 4.78 is 0. The maximum atomic E-state index is 11.0. The summed E-state index contributed by atoms with van der Waals surface area (Å²) in [7, 11) is 0. The Morgan fingerprint density at radius 3 is 2.40 bits per heavy atom. The number of hydrogen-bond donors (Lipinski definition) is 5. The van der Waals surface area contributed by atoms with E-state index in [1.54, 1.807) is 6.92 Å². The first-order valence-corrected chi connectivity index (χ1v) is 5.09. The van der Waals surface area contributed by atoms with Crippen LogP contribution in [0.5, 0.6) is 0 Å². The molecule has 0 bridgehead atoms. The smallest absolute Gasteiger partial charge is 0.219 e. The van der Waals surface area contributed by atoms with E-state index in [1.807, 2.05) is 0 Å². The summed E-state index contributed by atoms with van der Waals surface area (Å²) in [4.78, 5) is 11.0. The lowest BCUT2D eigenvalue weighted by molar-refractivity contribution is -0.120. The molecule has 4 unspecified atom stereocenters. The Kier molecular flexibility index (Phi) is 4.46. The predicted octanol–water partition coefficient (Wildman–Crippen LogP) is -2.43. The first-order valence-electron chi connectivity index (χ1n) is 5.09. The largest absolute Gasteiger partial charge is 0.395 e. The molecule has 0 aliphatic carbocycles. The van der Waals surface area contributed by atoms with Crippen LogP contribution in [0.15, 0.2) is 0 Å². The normalized spacial score (nSPS) is 35.5. The van der Waals surface area contributed by atoms with Crippen LogP contribution < -0.4 is 10.6 Å². The molecule has 0 saturated carbocycles. The predicted molar refractivity (Wildman–Crippen MR) is 53.1 cm³/mol. The van der Waals surface area contributed by atoms with Crippen molar-refractivity contribution in [2.75, 3.05) is 13.2 Å². The molecule has 0 radical (unpaired) electrons. The second-order valence-corrected chi connectivity index (χ2v) is 3.70. The highest BCUT2D eigenvalue weighted by Crippen LogP contribution is 2.13. The van der Waals surface area contributed by atoms with Gasteiger partial charge in [0.25, 0.3) is 0 Å². The Morgan fingerprint density at radius 1 is 1.33 bits per heavy atom. The highest BCUT2D eigenvalue weighted by atomic mass is 16.3. The molecule has 15 heavy (non-hydrogen) atoms. The Hall–Kier alpha value is -0.690. The summed E-state index contributed by atoms with van der Waals surface area (Å²) in [5.74, 6) is -0.106. The minimum atomic E-state index is -0.987. The number of hydrogen-bond acceptors (Lipinski definition) is 5. The third kappa shape index (κ3) is 2.88. The van der Waals surface area contributed by atoms with Crippen LogP contribution in [-0.2, 0) is 4.79 Å². The number of aliphatic hydroxyl groups excluding tert-OH is 3. The topological polar surface area (TPSA) is 102 Å². The van der Waals surface area contributed by atoms with Crippen molar-refractivity contribution in [1.29, 1.82) is 0 Å². The van der Waals surface area contributed by atoms with Crippen molar-refractivity contribution in [3.63, 3.8) is 0 Å². The van der Waals surface area contributed by atoms with E-state index in [1.165, 1.54) is 0 Å². The molecule has 1 saturated heterocycles. The van der Waals surface area contributed by atoms with Crippen LogP contribution in [0.4, 0.5) is 0 Å². The lowest BCUT2D eigenvalue weighted by Crippen LogP contribution is -2.44. The van der Waals surface area contributed by atoms with Gasteiger partial charge in [-0.15, -0.1) is 0 Å². The molecule has 0 spiro atoms. The Balaban J connectivity index is 2.40. The fraction of sp³-hybridized carbons (Fsp3) is 0.889. The van der Waals surface area contributed by atoms with Crippen molar-refractivity contribution < 1.29 is 20.1 Å². The Labute approximate surface area is 88.3 Å². The third-order valence-electron chi connectivity index (χ3n) is 2.64. The number of nitrogens with one attached hydrogen (secondary N) is 2. The van der Waals surface area contributed by atoms with Gasteiger partial charge in [0.15, 0.2) is 0 Å². The van der Waals surface area contributed by atoms with E-state index in [-0.39, 0.29) is 19.1 Å². The van der Waals surface area contributed by atoms with Gasteiger partial charge in [0.2, 0.25) is 5.91 Å². The van der Waals surface area contributed by atoms with Crippen molar-refractivity contribution in [3.05, 3.63) is 0 Å². The average Bonchev–Trinajstić information content (AvgIpc) is 2.52. The van der Waals surface area contributed by atoms with Gasteiger partial charge in [-0.25, -0.2) is 0 Å². The zero-order chi connectivity index (χ0) is 11.4. The van der Waals surface area contributed by atoms with Gasteiger partial charge in [-0.3, -0.25) is 4.79 Å². The molecule has 1 fully saturated rings. The minimum Gasteiger partial charge on any atom is -0.395 e. The van der Waals surface area contributed by atoms with E-state index < -0.39 is 24.3 Å². The van der Waals surface area contributed by atoms with Crippen molar-refractivity contribution in [3.8, 4) is 0 Å². The zero-order valence-corrected chi connectivity index (χ0v) is 8.68. The SMILES string of the molecule is CCC(=O)NCC1NC(CO)C(O)C1O. The molecule has 0 aromatic carbocycles. The van der Waals surface area contributed by atoms with E-state index in [9.17, 15) is 15.0 Å².